The van der Waals surface area contributed by atoms with Gasteiger partial charge in [-0.05, 0) is 43.2 Å². The van der Waals surface area contributed by atoms with Crippen LogP contribution in [0.2, 0.25) is 0 Å². The van der Waals surface area contributed by atoms with Crippen LogP contribution in [0.5, 0.6) is 0 Å². The van der Waals surface area contributed by atoms with Gasteiger partial charge >= 0.3 is 0 Å². The van der Waals surface area contributed by atoms with Crippen LogP contribution in [0, 0.1) is 13.8 Å². The molecule has 3 rings (SSSR count). The third-order valence-corrected chi connectivity index (χ3v) is 7.20. The molecule has 0 atom stereocenters. The average Bonchev–Trinajstić information content (AvgIpc) is 2.74. The molecule has 0 unspecified atom stereocenters. The minimum atomic E-state index is -3.29. The second-order valence-electron chi connectivity index (χ2n) is 7.30. The number of benzene rings is 2. The molecule has 0 radical (unpaired) electrons. The smallest absolute Gasteiger partial charge is 0.193 e. The molecule has 1 heterocycles. The van der Waals surface area contributed by atoms with E-state index in [9.17, 15) is 8.42 Å². The molecule has 164 valence electrons. The first-order chi connectivity index (χ1) is 13.9. The minimum absolute atomic E-state index is 0. The van der Waals surface area contributed by atoms with Gasteiger partial charge in [-0.25, -0.2) is 8.42 Å². The highest BCUT2D eigenvalue weighted by Crippen LogP contribution is 2.23. The molecule has 1 N–H and O–H groups in total. The first kappa shape index (κ1) is 24.5. The number of guanidine groups is 1. The zero-order chi connectivity index (χ0) is 20.9. The number of rotatable bonds is 5. The van der Waals surface area contributed by atoms with E-state index in [1.807, 2.05) is 6.07 Å². The molecule has 0 spiro atoms. The van der Waals surface area contributed by atoms with Gasteiger partial charge in [0.2, 0.25) is 0 Å². The number of hydrogen-bond acceptors (Lipinski definition) is 4. The Balaban J connectivity index is 0.00000320. The van der Waals surface area contributed by atoms with Crippen LogP contribution in [0.4, 0.5) is 5.69 Å². The number of nitrogens with zero attached hydrogens (tertiary/aromatic N) is 3. The van der Waals surface area contributed by atoms with Crippen LogP contribution < -0.4 is 10.2 Å². The van der Waals surface area contributed by atoms with Gasteiger partial charge in [-0.15, -0.1) is 24.0 Å². The summed E-state index contributed by atoms with van der Waals surface area (Å²) >= 11 is 0. The molecule has 0 bridgehead atoms. The van der Waals surface area contributed by atoms with Gasteiger partial charge in [-0.3, -0.25) is 4.99 Å². The number of sulfone groups is 1. The van der Waals surface area contributed by atoms with Crippen molar-refractivity contribution in [2.75, 3.05) is 50.4 Å². The van der Waals surface area contributed by atoms with Crippen LogP contribution in [0.25, 0.3) is 0 Å². The van der Waals surface area contributed by atoms with Crippen LogP contribution in [0.15, 0.2) is 58.4 Å². The summed E-state index contributed by atoms with van der Waals surface area (Å²) < 4.78 is 24.9. The summed E-state index contributed by atoms with van der Waals surface area (Å²) in [4.78, 5) is 9.31. The first-order valence-corrected chi connectivity index (χ1v) is 11.6. The number of hydrogen-bond donors (Lipinski definition) is 1. The summed E-state index contributed by atoms with van der Waals surface area (Å²) in [5, 5.41) is 3.22. The standard InChI is InChI=1S/C22H30N4O2S.HI/c1-18-8-7-11-21(19(18)2)25-13-15-26(16-14-25)22(23-3)24-12-17-29(27,28)20-9-5-4-6-10-20;/h4-11H,12-17H2,1-3H3,(H,23,24);1H. The monoisotopic (exact) mass is 542 g/mol. The SMILES string of the molecule is CN=C(NCCS(=O)(=O)c1ccccc1)N1CCN(c2cccc(C)c2C)CC1.I. The zero-order valence-electron chi connectivity index (χ0n) is 17.8. The van der Waals surface area contributed by atoms with E-state index in [1.54, 1.807) is 31.3 Å². The van der Waals surface area contributed by atoms with E-state index in [2.05, 4.69) is 52.2 Å². The van der Waals surface area contributed by atoms with E-state index < -0.39 is 9.84 Å². The quantitative estimate of drug-likeness (QED) is 0.358. The summed E-state index contributed by atoms with van der Waals surface area (Å²) in [6, 6.07) is 15.0. The highest BCUT2D eigenvalue weighted by Gasteiger charge is 2.21. The van der Waals surface area contributed by atoms with Crippen molar-refractivity contribution < 1.29 is 8.42 Å². The Morgan fingerprint density at radius 2 is 1.67 bits per heavy atom. The van der Waals surface area contributed by atoms with Crippen LogP contribution in [0.1, 0.15) is 11.1 Å². The summed E-state index contributed by atoms with van der Waals surface area (Å²) in [6.07, 6.45) is 0. The van der Waals surface area contributed by atoms with Crippen molar-refractivity contribution in [1.82, 2.24) is 10.2 Å². The van der Waals surface area contributed by atoms with Crippen molar-refractivity contribution in [3.63, 3.8) is 0 Å². The maximum atomic E-state index is 12.4. The Labute approximate surface area is 197 Å². The van der Waals surface area contributed by atoms with Crippen molar-refractivity contribution in [2.45, 2.75) is 18.7 Å². The molecule has 8 heteroatoms. The molecule has 2 aromatic rings. The lowest BCUT2D eigenvalue weighted by atomic mass is 10.1. The summed E-state index contributed by atoms with van der Waals surface area (Å²) in [5.74, 6) is 0.798. The number of halogens is 1. The number of piperazine rings is 1. The topological polar surface area (TPSA) is 65.0 Å². The molecule has 1 aliphatic rings. The second-order valence-corrected chi connectivity index (χ2v) is 9.41. The van der Waals surface area contributed by atoms with Gasteiger partial charge < -0.3 is 15.1 Å². The molecule has 2 aromatic carbocycles. The van der Waals surface area contributed by atoms with E-state index in [-0.39, 0.29) is 29.7 Å². The summed E-state index contributed by atoms with van der Waals surface area (Å²) in [5.41, 5.74) is 3.93. The number of nitrogens with one attached hydrogen (secondary N) is 1. The van der Waals surface area contributed by atoms with Crippen LogP contribution in [-0.4, -0.2) is 64.8 Å². The Morgan fingerprint density at radius 3 is 2.30 bits per heavy atom. The predicted octanol–water partition coefficient (Wildman–Crippen LogP) is 3.09. The molecule has 1 fully saturated rings. The van der Waals surface area contributed by atoms with E-state index in [4.69, 9.17) is 0 Å². The van der Waals surface area contributed by atoms with Gasteiger partial charge in [0, 0.05) is 45.5 Å². The lowest BCUT2D eigenvalue weighted by Crippen LogP contribution is -2.53. The van der Waals surface area contributed by atoms with E-state index in [1.165, 1.54) is 16.8 Å². The van der Waals surface area contributed by atoms with Crippen molar-refractivity contribution in [1.29, 1.82) is 0 Å². The van der Waals surface area contributed by atoms with Crippen LogP contribution in [0.3, 0.4) is 0 Å². The fraction of sp³-hybridized carbons (Fsp3) is 0.409. The van der Waals surface area contributed by atoms with Gasteiger partial charge in [0.25, 0.3) is 0 Å². The Bertz CT molecular complexity index is 956. The van der Waals surface area contributed by atoms with E-state index in [0.717, 1.165) is 32.1 Å². The highest BCUT2D eigenvalue weighted by atomic mass is 127. The molecule has 6 nitrogen and oxygen atoms in total. The first-order valence-electron chi connectivity index (χ1n) is 9.97. The number of aliphatic imine (C=N–C) groups is 1. The van der Waals surface area contributed by atoms with Crippen molar-refractivity contribution in [3.05, 3.63) is 59.7 Å². The Hall–Kier alpha value is -1.81. The third kappa shape index (κ3) is 5.87. The fourth-order valence-electron chi connectivity index (χ4n) is 3.61. The Morgan fingerprint density at radius 1 is 1.00 bits per heavy atom. The fourth-order valence-corrected chi connectivity index (χ4v) is 4.79. The molecular formula is C22H31IN4O2S. The average molecular weight is 542 g/mol. The van der Waals surface area contributed by atoms with Gasteiger partial charge in [0.1, 0.15) is 0 Å². The second kappa shape index (κ2) is 11.0. The molecule has 0 saturated carbocycles. The van der Waals surface area contributed by atoms with Crippen molar-refractivity contribution in [2.24, 2.45) is 4.99 Å². The molecule has 1 saturated heterocycles. The van der Waals surface area contributed by atoms with Crippen molar-refractivity contribution >= 4 is 45.5 Å². The number of aryl methyl sites for hydroxylation is 1. The summed E-state index contributed by atoms with van der Waals surface area (Å²) in [6.45, 7) is 8.16. The molecule has 0 aromatic heterocycles. The maximum Gasteiger partial charge on any atom is 0.193 e. The van der Waals surface area contributed by atoms with Crippen LogP contribution >= 0.6 is 24.0 Å². The minimum Gasteiger partial charge on any atom is -0.368 e. The highest BCUT2D eigenvalue weighted by molar-refractivity contribution is 14.0. The number of anilines is 1. The third-order valence-electron chi connectivity index (χ3n) is 5.46. The molecule has 1 aliphatic heterocycles. The van der Waals surface area contributed by atoms with Gasteiger partial charge in [-0.1, -0.05) is 30.3 Å². The lowest BCUT2D eigenvalue weighted by molar-refractivity contribution is 0.373. The van der Waals surface area contributed by atoms with E-state index >= 15 is 0 Å². The molecule has 30 heavy (non-hydrogen) atoms. The Kier molecular flexibility index (Phi) is 8.96. The van der Waals surface area contributed by atoms with Gasteiger partial charge in [-0.2, -0.15) is 0 Å². The molecule has 0 amide bonds. The lowest BCUT2D eigenvalue weighted by Gasteiger charge is -2.38. The molecular weight excluding hydrogens is 511 g/mol. The van der Waals surface area contributed by atoms with Crippen LogP contribution in [-0.2, 0) is 9.84 Å². The zero-order valence-corrected chi connectivity index (χ0v) is 21.0. The van der Waals surface area contributed by atoms with Gasteiger partial charge in [0.05, 0.1) is 10.6 Å². The predicted molar refractivity (Wildman–Crippen MR) is 135 cm³/mol. The maximum absolute atomic E-state index is 12.4. The van der Waals surface area contributed by atoms with E-state index in [0.29, 0.717) is 11.4 Å². The molecule has 0 aliphatic carbocycles. The van der Waals surface area contributed by atoms with Crippen molar-refractivity contribution in [3.8, 4) is 0 Å². The van der Waals surface area contributed by atoms with Gasteiger partial charge in [0.15, 0.2) is 15.8 Å². The summed E-state index contributed by atoms with van der Waals surface area (Å²) in [7, 11) is -1.55. The largest absolute Gasteiger partial charge is 0.368 e. The normalized spacial score (nSPS) is 15.0.